The van der Waals surface area contributed by atoms with Gasteiger partial charge in [-0.15, -0.1) is 0 Å². The number of pyridine rings is 1. The van der Waals surface area contributed by atoms with E-state index in [1.807, 2.05) is 6.07 Å². The van der Waals surface area contributed by atoms with Crippen LogP contribution in [0.15, 0.2) is 36.7 Å². The summed E-state index contributed by atoms with van der Waals surface area (Å²) in [5, 5.41) is 4.57. The van der Waals surface area contributed by atoms with Gasteiger partial charge in [-0.25, -0.2) is 8.78 Å². The number of fused-ring (bicyclic) bond motifs is 1. The van der Waals surface area contributed by atoms with Crippen LogP contribution in [0.3, 0.4) is 0 Å². The Morgan fingerprint density at radius 1 is 1.21 bits per heavy atom. The minimum Gasteiger partial charge on any atom is -0.330 e. The molecule has 0 aliphatic carbocycles. The van der Waals surface area contributed by atoms with E-state index in [-0.39, 0.29) is 18.9 Å². The average molecular weight is 418 g/mol. The van der Waals surface area contributed by atoms with Gasteiger partial charge in [0.25, 0.3) is 5.91 Å². The Kier molecular flexibility index (Phi) is 5.06. The van der Waals surface area contributed by atoms with Gasteiger partial charge in [-0.05, 0) is 35.7 Å². The standard InChI is InChI=1S/C20H18ClF2N5O/c1-27-19(17(21)9-26-27)18-5-12-10-28(20(29)16(12)8-25-18)15(7-24)4-11-2-13(22)6-14(23)3-11/h2-3,5-6,8-9,15H,4,7,10,24H2,1H3. The number of hydrogen-bond donors (Lipinski definition) is 1. The molecule has 29 heavy (non-hydrogen) atoms. The Morgan fingerprint density at radius 3 is 2.55 bits per heavy atom. The van der Waals surface area contributed by atoms with Crippen LogP contribution in [-0.4, -0.2) is 38.2 Å². The molecule has 0 saturated heterocycles. The highest BCUT2D eigenvalue weighted by atomic mass is 35.5. The zero-order valence-electron chi connectivity index (χ0n) is 15.6. The molecule has 0 fully saturated rings. The molecule has 1 amide bonds. The molecule has 0 saturated carbocycles. The lowest BCUT2D eigenvalue weighted by atomic mass is 10.0. The lowest BCUT2D eigenvalue weighted by Gasteiger charge is -2.26. The molecular formula is C20H18ClF2N5O. The number of rotatable bonds is 5. The number of carbonyl (C=O) groups excluding carboxylic acids is 1. The molecule has 1 aliphatic heterocycles. The fourth-order valence-electron chi connectivity index (χ4n) is 3.68. The second-order valence-corrected chi connectivity index (χ2v) is 7.40. The number of carbonyl (C=O) groups is 1. The van der Waals surface area contributed by atoms with Gasteiger partial charge >= 0.3 is 0 Å². The Bertz CT molecular complexity index is 1060. The van der Waals surface area contributed by atoms with Crippen LogP contribution in [0.2, 0.25) is 5.02 Å². The van der Waals surface area contributed by atoms with Gasteiger partial charge in [0, 0.05) is 38.4 Å². The molecule has 1 aromatic carbocycles. The summed E-state index contributed by atoms with van der Waals surface area (Å²) in [6.45, 7) is 0.491. The minimum absolute atomic E-state index is 0.158. The molecule has 9 heteroatoms. The summed E-state index contributed by atoms with van der Waals surface area (Å²) in [6, 6.07) is 4.73. The lowest BCUT2D eigenvalue weighted by molar-refractivity contribution is 0.0708. The number of halogens is 3. The first kappa shape index (κ1) is 19.5. The second-order valence-electron chi connectivity index (χ2n) is 7.00. The predicted octanol–water partition coefficient (Wildman–Crippen LogP) is 2.94. The lowest BCUT2D eigenvalue weighted by Crippen LogP contribution is -2.42. The SMILES string of the molecule is Cn1ncc(Cl)c1-c1cc2c(cn1)C(=O)N(C(CN)Cc1cc(F)cc(F)c1)C2. The zero-order chi connectivity index (χ0) is 20.7. The number of aromatic nitrogens is 3. The first-order valence-electron chi connectivity index (χ1n) is 9.00. The van der Waals surface area contributed by atoms with E-state index < -0.39 is 17.7 Å². The number of nitrogens with zero attached hydrogens (tertiary/aromatic N) is 4. The summed E-state index contributed by atoms with van der Waals surface area (Å²) in [5.74, 6) is -1.52. The van der Waals surface area contributed by atoms with Crippen molar-refractivity contribution in [3.8, 4) is 11.4 Å². The smallest absolute Gasteiger partial charge is 0.256 e. The topological polar surface area (TPSA) is 77.0 Å². The van der Waals surface area contributed by atoms with Crippen LogP contribution < -0.4 is 5.73 Å². The molecule has 3 aromatic rings. The second kappa shape index (κ2) is 7.53. The molecule has 4 rings (SSSR count). The van der Waals surface area contributed by atoms with Crippen molar-refractivity contribution in [3.63, 3.8) is 0 Å². The van der Waals surface area contributed by atoms with E-state index in [1.165, 1.54) is 24.5 Å². The van der Waals surface area contributed by atoms with Crippen LogP contribution in [-0.2, 0) is 20.0 Å². The normalized spacial score (nSPS) is 14.4. The van der Waals surface area contributed by atoms with E-state index in [9.17, 15) is 13.6 Å². The molecule has 6 nitrogen and oxygen atoms in total. The van der Waals surface area contributed by atoms with E-state index in [0.29, 0.717) is 34.1 Å². The van der Waals surface area contributed by atoms with E-state index in [1.54, 1.807) is 16.6 Å². The van der Waals surface area contributed by atoms with Crippen LogP contribution in [0.25, 0.3) is 11.4 Å². The van der Waals surface area contributed by atoms with Gasteiger partial charge in [-0.1, -0.05) is 11.6 Å². The third kappa shape index (κ3) is 3.61. The summed E-state index contributed by atoms with van der Waals surface area (Å²) in [6.07, 6.45) is 3.30. The molecule has 0 spiro atoms. The summed E-state index contributed by atoms with van der Waals surface area (Å²) < 4.78 is 28.7. The van der Waals surface area contributed by atoms with E-state index in [0.717, 1.165) is 11.6 Å². The van der Waals surface area contributed by atoms with Crippen molar-refractivity contribution >= 4 is 17.5 Å². The van der Waals surface area contributed by atoms with Gasteiger partial charge in [-0.3, -0.25) is 14.5 Å². The predicted molar refractivity (Wildman–Crippen MR) is 104 cm³/mol. The van der Waals surface area contributed by atoms with Crippen molar-refractivity contribution in [2.45, 2.75) is 19.0 Å². The molecule has 1 aliphatic rings. The third-order valence-electron chi connectivity index (χ3n) is 5.06. The van der Waals surface area contributed by atoms with Crippen LogP contribution >= 0.6 is 11.6 Å². The molecular weight excluding hydrogens is 400 g/mol. The molecule has 1 unspecified atom stereocenters. The Balaban J connectivity index is 1.61. The number of benzene rings is 1. The largest absolute Gasteiger partial charge is 0.330 e. The van der Waals surface area contributed by atoms with Crippen molar-refractivity contribution in [1.29, 1.82) is 0 Å². The Labute approximate surface area is 170 Å². The first-order valence-corrected chi connectivity index (χ1v) is 9.38. The maximum atomic E-state index is 13.5. The van der Waals surface area contributed by atoms with Crippen LogP contribution in [0.1, 0.15) is 21.5 Å². The van der Waals surface area contributed by atoms with Crippen LogP contribution in [0, 0.1) is 11.6 Å². The van der Waals surface area contributed by atoms with Gasteiger partial charge in [0.05, 0.1) is 22.5 Å². The Morgan fingerprint density at radius 2 is 1.93 bits per heavy atom. The fourth-order valence-corrected chi connectivity index (χ4v) is 3.94. The molecule has 2 aromatic heterocycles. The molecule has 150 valence electrons. The molecule has 2 N–H and O–H groups in total. The van der Waals surface area contributed by atoms with Crippen LogP contribution in [0.5, 0.6) is 0 Å². The highest BCUT2D eigenvalue weighted by Crippen LogP contribution is 2.31. The van der Waals surface area contributed by atoms with Gasteiger partial charge in [0.1, 0.15) is 17.3 Å². The number of amides is 1. The van der Waals surface area contributed by atoms with Gasteiger partial charge in [0.15, 0.2) is 0 Å². The van der Waals surface area contributed by atoms with Crippen molar-refractivity contribution in [2.24, 2.45) is 12.8 Å². The molecule has 1 atom stereocenters. The number of aryl methyl sites for hydroxylation is 1. The van der Waals surface area contributed by atoms with Gasteiger partial charge in [-0.2, -0.15) is 5.10 Å². The summed E-state index contributed by atoms with van der Waals surface area (Å²) >= 11 is 6.20. The van der Waals surface area contributed by atoms with Crippen molar-refractivity contribution in [2.75, 3.05) is 6.54 Å². The monoisotopic (exact) mass is 417 g/mol. The fraction of sp³-hybridized carbons (Fsp3) is 0.250. The van der Waals surface area contributed by atoms with Gasteiger partial charge < -0.3 is 10.6 Å². The van der Waals surface area contributed by atoms with E-state index in [2.05, 4.69) is 10.1 Å². The summed E-state index contributed by atoms with van der Waals surface area (Å²) in [4.78, 5) is 18.9. The first-order chi connectivity index (χ1) is 13.9. The maximum Gasteiger partial charge on any atom is 0.256 e. The zero-order valence-corrected chi connectivity index (χ0v) is 16.3. The highest BCUT2D eigenvalue weighted by Gasteiger charge is 2.33. The van der Waals surface area contributed by atoms with E-state index >= 15 is 0 Å². The Hall–Kier alpha value is -2.84. The summed E-state index contributed by atoms with van der Waals surface area (Å²) in [5.41, 5.74) is 8.89. The van der Waals surface area contributed by atoms with Crippen molar-refractivity contribution in [1.82, 2.24) is 19.7 Å². The maximum absolute atomic E-state index is 13.5. The van der Waals surface area contributed by atoms with Crippen LogP contribution in [0.4, 0.5) is 8.78 Å². The summed E-state index contributed by atoms with van der Waals surface area (Å²) in [7, 11) is 1.76. The number of hydrogen-bond acceptors (Lipinski definition) is 4. The molecule has 3 heterocycles. The highest BCUT2D eigenvalue weighted by molar-refractivity contribution is 6.32. The molecule has 0 bridgehead atoms. The number of nitrogens with two attached hydrogens (primary N) is 1. The van der Waals surface area contributed by atoms with Gasteiger partial charge in [0.2, 0.25) is 0 Å². The average Bonchev–Trinajstić information content (AvgIpc) is 3.17. The quantitative estimate of drug-likeness (QED) is 0.692. The van der Waals surface area contributed by atoms with Crippen molar-refractivity contribution in [3.05, 3.63) is 70.0 Å². The third-order valence-corrected chi connectivity index (χ3v) is 5.34. The minimum atomic E-state index is -0.659. The van der Waals surface area contributed by atoms with Crippen molar-refractivity contribution < 1.29 is 13.6 Å². The van der Waals surface area contributed by atoms with E-state index in [4.69, 9.17) is 17.3 Å². The molecule has 0 radical (unpaired) electrons.